The SMILES string of the molecule is O=C(/C=C(/c1ccccc1)C(F)(F)F)N1CCN(c2ncc(Cl)cc2Cl)CC1. The first kappa shape index (κ1) is 20.5. The number of carbonyl (C=O) groups is 1. The van der Waals surface area contributed by atoms with Gasteiger partial charge in [-0.05, 0) is 11.6 Å². The summed E-state index contributed by atoms with van der Waals surface area (Å²) in [6.07, 6.45) is -2.49. The van der Waals surface area contributed by atoms with Crippen LogP contribution in [0.15, 0.2) is 48.7 Å². The van der Waals surface area contributed by atoms with Gasteiger partial charge in [-0.1, -0.05) is 53.5 Å². The third-order valence-corrected chi connectivity index (χ3v) is 4.82. The van der Waals surface area contributed by atoms with Crippen LogP contribution in [0.2, 0.25) is 10.0 Å². The molecular formula is C19H16Cl2F3N3O. The van der Waals surface area contributed by atoms with Crippen molar-refractivity contribution in [2.45, 2.75) is 6.18 Å². The number of pyridine rings is 1. The summed E-state index contributed by atoms with van der Waals surface area (Å²) < 4.78 is 40.2. The molecule has 0 N–H and O–H groups in total. The van der Waals surface area contributed by atoms with E-state index in [1.165, 1.54) is 35.4 Å². The fourth-order valence-electron chi connectivity index (χ4n) is 2.94. The molecule has 2 heterocycles. The summed E-state index contributed by atoms with van der Waals surface area (Å²) in [6.45, 7) is 1.33. The molecule has 0 saturated carbocycles. The number of anilines is 1. The predicted octanol–water partition coefficient (Wildman–Crippen LogP) is 4.68. The van der Waals surface area contributed by atoms with E-state index in [1.54, 1.807) is 12.1 Å². The molecule has 0 aliphatic carbocycles. The van der Waals surface area contributed by atoms with Crippen LogP contribution in [0.1, 0.15) is 5.56 Å². The van der Waals surface area contributed by atoms with Crippen molar-refractivity contribution in [3.63, 3.8) is 0 Å². The summed E-state index contributed by atoms with van der Waals surface area (Å²) in [5.74, 6) is -0.139. The summed E-state index contributed by atoms with van der Waals surface area (Å²) in [5, 5.41) is 0.795. The summed E-state index contributed by atoms with van der Waals surface area (Å²) in [4.78, 5) is 19.9. The molecule has 0 atom stereocenters. The molecule has 9 heteroatoms. The third kappa shape index (κ3) is 4.77. The molecule has 1 fully saturated rings. The highest BCUT2D eigenvalue weighted by molar-refractivity contribution is 6.36. The minimum Gasteiger partial charge on any atom is -0.352 e. The number of rotatable bonds is 3. The van der Waals surface area contributed by atoms with E-state index in [-0.39, 0.29) is 18.7 Å². The molecular weight excluding hydrogens is 414 g/mol. The molecule has 0 radical (unpaired) electrons. The maximum absolute atomic E-state index is 13.4. The quantitative estimate of drug-likeness (QED) is 0.664. The van der Waals surface area contributed by atoms with Gasteiger partial charge in [-0.3, -0.25) is 4.79 Å². The number of benzene rings is 1. The van der Waals surface area contributed by atoms with Crippen molar-refractivity contribution in [1.82, 2.24) is 9.88 Å². The minimum atomic E-state index is -4.63. The monoisotopic (exact) mass is 429 g/mol. The second-order valence-electron chi connectivity index (χ2n) is 6.19. The molecule has 148 valence electrons. The molecule has 0 bridgehead atoms. The molecule has 1 aliphatic heterocycles. The Hall–Kier alpha value is -2.25. The number of alkyl halides is 3. The van der Waals surface area contributed by atoms with E-state index in [1.807, 2.05) is 4.90 Å². The number of halogens is 5. The van der Waals surface area contributed by atoms with Crippen molar-refractivity contribution in [2.24, 2.45) is 0 Å². The van der Waals surface area contributed by atoms with Gasteiger partial charge in [0.2, 0.25) is 5.91 Å². The van der Waals surface area contributed by atoms with Crippen LogP contribution in [0.4, 0.5) is 19.0 Å². The summed E-state index contributed by atoms with van der Waals surface area (Å²) >= 11 is 12.0. The molecule has 1 saturated heterocycles. The van der Waals surface area contributed by atoms with E-state index in [0.29, 0.717) is 35.0 Å². The first-order valence-corrected chi connectivity index (χ1v) is 9.20. The number of piperazine rings is 1. The molecule has 1 amide bonds. The van der Waals surface area contributed by atoms with Gasteiger partial charge in [0.05, 0.1) is 15.6 Å². The van der Waals surface area contributed by atoms with Crippen molar-refractivity contribution in [1.29, 1.82) is 0 Å². The molecule has 1 aromatic carbocycles. The third-order valence-electron chi connectivity index (χ3n) is 4.34. The smallest absolute Gasteiger partial charge is 0.352 e. The highest BCUT2D eigenvalue weighted by Crippen LogP contribution is 2.34. The zero-order valence-electron chi connectivity index (χ0n) is 14.6. The minimum absolute atomic E-state index is 0.0425. The number of carbonyl (C=O) groups excluding carboxylic acids is 1. The average molecular weight is 430 g/mol. The lowest BCUT2D eigenvalue weighted by Gasteiger charge is -2.35. The molecule has 28 heavy (non-hydrogen) atoms. The van der Waals surface area contributed by atoms with E-state index in [2.05, 4.69) is 4.98 Å². The topological polar surface area (TPSA) is 36.4 Å². The van der Waals surface area contributed by atoms with E-state index >= 15 is 0 Å². The Morgan fingerprint density at radius 2 is 1.71 bits per heavy atom. The van der Waals surface area contributed by atoms with E-state index in [4.69, 9.17) is 23.2 Å². The Bertz CT molecular complexity index is 880. The van der Waals surface area contributed by atoms with Crippen LogP contribution in [0.25, 0.3) is 5.57 Å². The largest absolute Gasteiger partial charge is 0.417 e. The van der Waals surface area contributed by atoms with Gasteiger partial charge in [0.15, 0.2) is 0 Å². The van der Waals surface area contributed by atoms with Gasteiger partial charge in [-0.25, -0.2) is 4.98 Å². The molecule has 1 aromatic heterocycles. The van der Waals surface area contributed by atoms with Gasteiger partial charge in [0, 0.05) is 38.5 Å². The van der Waals surface area contributed by atoms with Gasteiger partial charge < -0.3 is 9.80 Å². The van der Waals surface area contributed by atoms with Crippen LogP contribution in [-0.2, 0) is 4.79 Å². The Morgan fingerprint density at radius 1 is 1.07 bits per heavy atom. The second kappa shape index (κ2) is 8.41. The Labute approximate surface area is 170 Å². The van der Waals surface area contributed by atoms with Gasteiger partial charge >= 0.3 is 6.18 Å². The normalized spacial score (nSPS) is 15.7. The van der Waals surface area contributed by atoms with E-state index in [9.17, 15) is 18.0 Å². The van der Waals surface area contributed by atoms with Gasteiger partial charge in [0.1, 0.15) is 5.82 Å². The Balaban J connectivity index is 1.72. The van der Waals surface area contributed by atoms with Crippen molar-refractivity contribution >= 4 is 40.5 Å². The Morgan fingerprint density at radius 3 is 2.29 bits per heavy atom. The Kier molecular flexibility index (Phi) is 6.15. The van der Waals surface area contributed by atoms with Crippen molar-refractivity contribution in [3.8, 4) is 0 Å². The zero-order chi connectivity index (χ0) is 20.3. The van der Waals surface area contributed by atoms with Crippen LogP contribution < -0.4 is 4.90 Å². The number of hydrogen-bond acceptors (Lipinski definition) is 3. The van der Waals surface area contributed by atoms with Crippen molar-refractivity contribution < 1.29 is 18.0 Å². The highest BCUT2D eigenvalue weighted by atomic mass is 35.5. The number of nitrogens with zero attached hydrogens (tertiary/aromatic N) is 3. The summed E-state index contributed by atoms with van der Waals surface area (Å²) in [5.41, 5.74) is -0.998. The number of amides is 1. The fourth-order valence-corrected chi connectivity index (χ4v) is 3.44. The van der Waals surface area contributed by atoms with Crippen LogP contribution in [0.5, 0.6) is 0 Å². The van der Waals surface area contributed by atoms with E-state index in [0.717, 1.165) is 0 Å². The summed E-state index contributed by atoms with van der Waals surface area (Å²) in [7, 11) is 0. The number of aromatic nitrogens is 1. The summed E-state index contributed by atoms with van der Waals surface area (Å²) in [6, 6.07) is 8.86. The molecule has 0 spiro atoms. The van der Waals surface area contributed by atoms with Crippen molar-refractivity contribution in [2.75, 3.05) is 31.1 Å². The lowest BCUT2D eigenvalue weighted by atomic mass is 10.0. The highest BCUT2D eigenvalue weighted by Gasteiger charge is 2.36. The molecule has 4 nitrogen and oxygen atoms in total. The van der Waals surface area contributed by atoms with Crippen LogP contribution in [-0.4, -0.2) is 48.1 Å². The maximum Gasteiger partial charge on any atom is 0.417 e. The van der Waals surface area contributed by atoms with Crippen LogP contribution in [0, 0.1) is 0 Å². The van der Waals surface area contributed by atoms with Gasteiger partial charge in [-0.15, -0.1) is 0 Å². The molecule has 2 aromatic rings. The zero-order valence-corrected chi connectivity index (χ0v) is 16.1. The van der Waals surface area contributed by atoms with E-state index < -0.39 is 17.7 Å². The van der Waals surface area contributed by atoms with Gasteiger partial charge in [-0.2, -0.15) is 13.2 Å². The maximum atomic E-state index is 13.4. The molecule has 3 rings (SSSR count). The second-order valence-corrected chi connectivity index (χ2v) is 7.04. The lowest BCUT2D eigenvalue weighted by molar-refractivity contribution is -0.126. The molecule has 1 aliphatic rings. The fraction of sp³-hybridized carbons (Fsp3) is 0.263. The standard InChI is InChI=1S/C19H16Cl2F3N3O/c20-14-10-16(21)18(25-12-14)27-8-6-26(7-9-27)17(28)11-15(19(22,23)24)13-4-2-1-3-5-13/h1-5,10-12H,6-9H2/b15-11-. The predicted molar refractivity (Wildman–Crippen MR) is 104 cm³/mol. The number of hydrogen-bond donors (Lipinski definition) is 0. The van der Waals surface area contributed by atoms with Gasteiger partial charge in [0.25, 0.3) is 0 Å². The van der Waals surface area contributed by atoms with Crippen LogP contribution >= 0.6 is 23.2 Å². The first-order chi connectivity index (χ1) is 13.3. The first-order valence-electron chi connectivity index (χ1n) is 8.45. The lowest BCUT2D eigenvalue weighted by Crippen LogP contribution is -2.48. The molecule has 0 unspecified atom stereocenters. The number of allylic oxidation sites excluding steroid dienone is 1. The van der Waals surface area contributed by atoms with Crippen LogP contribution in [0.3, 0.4) is 0 Å². The average Bonchev–Trinajstić information content (AvgIpc) is 2.66. The van der Waals surface area contributed by atoms with Crippen molar-refractivity contribution in [3.05, 3.63) is 64.3 Å².